The fourth-order valence-corrected chi connectivity index (χ4v) is 2.40. The van der Waals surface area contributed by atoms with E-state index in [9.17, 15) is 4.79 Å². The molecule has 1 rings (SSSR count). The van der Waals surface area contributed by atoms with E-state index >= 15 is 0 Å². The van der Waals surface area contributed by atoms with E-state index in [1.54, 1.807) is 18.4 Å². The van der Waals surface area contributed by atoms with Gasteiger partial charge in [-0.05, 0) is 42.7 Å². The van der Waals surface area contributed by atoms with Crippen LogP contribution in [0.4, 0.5) is 0 Å². The lowest BCUT2D eigenvalue weighted by atomic mass is 10.1. The average molecular weight is 270 g/mol. The van der Waals surface area contributed by atoms with Gasteiger partial charge in [0.15, 0.2) is 0 Å². The van der Waals surface area contributed by atoms with Crippen LogP contribution < -0.4 is 10.6 Å². The van der Waals surface area contributed by atoms with Gasteiger partial charge in [0, 0.05) is 26.3 Å². The van der Waals surface area contributed by atoms with Gasteiger partial charge < -0.3 is 10.1 Å². The van der Waals surface area contributed by atoms with Crippen molar-refractivity contribution in [1.82, 2.24) is 10.6 Å². The minimum absolute atomic E-state index is 0.0354. The highest BCUT2D eigenvalue weighted by molar-refractivity contribution is 7.07. The zero-order valence-corrected chi connectivity index (χ0v) is 12.0. The molecule has 0 aliphatic heterocycles. The second-order valence-electron chi connectivity index (χ2n) is 4.30. The van der Waals surface area contributed by atoms with Gasteiger partial charge in [0.05, 0.1) is 6.04 Å². The third kappa shape index (κ3) is 5.16. The van der Waals surface area contributed by atoms with Crippen molar-refractivity contribution in [2.75, 3.05) is 20.3 Å². The predicted molar refractivity (Wildman–Crippen MR) is 74.8 cm³/mol. The Kier molecular flexibility index (Phi) is 6.93. The zero-order chi connectivity index (χ0) is 13.4. The third-order valence-electron chi connectivity index (χ3n) is 2.76. The molecule has 0 aliphatic carbocycles. The molecule has 0 radical (unpaired) electrons. The topological polar surface area (TPSA) is 50.4 Å². The van der Waals surface area contributed by atoms with Crippen LogP contribution in [-0.2, 0) is 9.53 Å². The summed E-state index contributed by atoms with van der Waals surface area (Å²) in [6.45, 7) is 5.28. The van der Waals surface area contributed by atoms with E-state index < -0.39 is 0 Å². The molecule has 2 atom stereocenters. The lowest BCUT2D eigenvalue weighted by Crippen LogP contribution is -2.43. The number of amides is 1. The number of carbonyl (C=O) groups is 1. The molecule has 1 aromatic rings. The molecule has 0 saturated carbocycles. The molecule has 2 unspecified atom stereocenters. The molecule has 1 heterocycles. The monoisotopic (exact) mass is 270 g/mol. The zero-order valence-electron chi connectivity index (χ0n) is 11.2. The van der Waals surface area contributed by atoms with Crippen molar-refractivity contribution in [3.8, 4) is 0 Å². The summed E-state index contributed by atoms with van der Waals surface area (Å²) in [7, 11) is 1.66. The maximum atomic E-state index is 11.8. The Morgan fingerprint density at radius 2 is 2.28 bits per heavy atom. The number of carbonyl (C=O) groups excluding carboxylic acids is 1. The Bertz CT molecular complexity index is 341. The van der Waals surface area contributed by atoms with Gasteiger partial charge in [0.25, 0.3) is 0 Å². The van der Waals surface area contributed by atoms with E-state index in [1.165, 1.54) is 5.56 Å². The number of hydrogen-bond acceptors (Lipinski definition) is 4. The van der Waals surface area contributed by atoms with Crippen molar-refractivity contribution >= 4 is 17.2 Å². The summed E-state index contributed by atoms with van der Waals surface area (Å²) in [5.74, 6) is 0.0354. The second-order valence-corrected chi connectivity index (χ2v) is 5.08. The molecule has 0 fully saturated rings. The summed E-state index contributed by atoms with van der Waals surface area (Å²) in [5.41, 5.74) is 1.22. The van der Waals surface area contributed by atoms with Crippen LogP contribution in [0, 0.1) is 0 Å². The normalized spacial score (nSPS) is 14.2. The lowest BCUT2D eigenvalue weighted by Gasteiger charge is -2.19. The Morgan fingerprint density at radius 3 is 2.89 bits per heavy atom. The molecule has 1 amide bonds. The Balaban J connectivity index is 2.27. The Labute approximate surface area is 113 Å². The summed E-state index contributed by atoms with van der Waals surface area (Å²) >= 11 is 1.67. The standard InChI is InChI=1S/C13H22N2O2S/c1-10(12-5-8-18-9-12)15-11(2)13(16)14-6-4-7-17-3/h5,8-11,15H,4,6-7H2,1-3H3,(H,14,16). The van der Waals surface area contributed by atoms with Gasteiger partial charge in [-0.25, -0.2) is 0 Å². The van der Waals surface area contributed by atoms with Gasteiger partial charge in [-0.1, -0.05) is 0 Å². The van der Waals surface area contributed by atoms with Crippen molar-refractivity contribution < 1.29 is 9.53 Å². The lowest BCUT2D eigenvalue weighted by molar-refractivity contribution is -0.122. The first kappa shape index (κ1) is 15.1. The van der Waals surface area contributed by atoms with Crippen LogP contribution in [0.5, 0.6) is 0 Å². The quantitative estimate of drug-likeness (QED) is 0.710. The molecule has 102 valence electrons. The average Bonchev–Trinajstić information content (AvgIpc) is 2.88. The van der Waals surface area contributed by atoms with Gasteiger partial charge in [0.2, 0.25) is 5.91 Å². The maximum Gasteiger partial charge on any atom is 0.236 e. The second kappa shape index (κ2) is 8.24. The highest BCUT2D eigenvalue weighted by atomic mass is 32.1. The van der Waals surface area contributed by atoms with Crippen LogP contribution in [0.25, 0.3) is 0 Å². The van der Waals surface area contributed by atoms with E-state index in [0.29, 0.717) is 13.2 Å². The number of ether oxygens (including phenoxy) is 1. The van der Waals surface area contributed by atoms with Crippen LogP contribution in [0.3, 0.4) is 0 Å². The van der Waals surface area contributed by atoms with E-state index in [-0.39, 0.29) is 18.0 Å². The van der Waals surface area contributed by atoms with E-state index in [4.69, 9.17) is 4.74 Å². The minimum Gasteiger partial charge on any atom is -0.385 e. The molecule has 4 nitrogen and oxygen atoms in total. The molecule has 0 aromatic carbocycles. The summed E-state index contributed by atoms with van der Waals surface area (Å²) in [4.78, 5) is 11.8. The maximum absolute atomic E-state index is 11.8. The predicted octanol–water partition coefficient (Wildman–Crippen LogP) is 1.94. The number of methoxy groups -OCH3 is 1. The smallest absolute Gasteiger partial charge is 0.236 e. The van der Waals surface area contributed by atoms with Crippen molar-refractivity contribution in [1.29, 1.82) is 0 Å². The van der Waals surface area contributed by atoms with Gasteiger partial charge in [0.1, 0.15) is 0 Å². The number of rotatable bonds is 8. The first-order chi connectivity index (χ1) is 8.65. The molecular weight excluding hydrogens is 248 g/mol. The number of hydrogen-bond donors (Lipinski definition) is 2. The largest absolute Gasteiger partial charge is 0.385 e. The molecular formula is C13H22N2O2S. The molecule has 1 aromatic heterocycles. The molecule has 0 saturated heterocycles. The van der Waals surface area contributed by atoms with E-state index in [1.807, 2.05) is 12.3 Å². The van der Waals surface area contributed by atoms with Gasteiger partial charge in [-0.2, -0.15) is 11.3 Å². The highest BCUT2D eigenvalue weighted by Crippen LogP contribution is 2.15. The van der Waals surface area contributed by atoms with Crippen LogP contribution >= 0.6 is 11.3 Å². The molecule has 0 bridgehead atoms. The van der Waals surface area contributed by atoms with Crippen LogP contribution in [0.15, 0.2) is 16.8 Å². The van der Waals surface area contributed by atoms with Crippen LogP contribution in [0.2, 0.25) is 0 Å². The van der Waals surface area contributed by atoms with Crippen LogP contribution in [0.1, 0.15) is 31.9 Å². The summed E-state index contributed by atoms with van der Waals surface area (Å²) < 4.78 is 4.93. The first-order valence-corrected chi connectivity index (χ1v) is 7.14. The van der Waals surface area contributed by atoms with Crippen LogP contribution in [-0.4, -0.2) is 32.2 Å². The van der Waals surface area contributed by atoms with Gasteiger partial charge in [-0.15, -0.1) is 0 Å². The molecule has 2 N–H and O–H groups in total. The highest BCUT2D eigenvalue weighted by Gasteiger charge is 2.15. The van der Waals surface area contributed by atoms with Crippen molar-refractivity contribution in [2.45, 2.75) is 32.4 Å². The molecule has 0 spiro atoms. The van der Waals surface area contributed by atoms with Crippen molar-refractivity contribution in [3.05, 3.63) is 22.4 Å². The third-order valence-corrected chi connectivity index (χ3v) is 3.46. The number of nitrogens with one attached hydrogen (secondary N) is 2. The Morgan fingerprint density at radius 1 is 1.50 bits per heavy atom. The Hall–Kier alpha value is -0.910. The number of thiophene rings is 1. The molecule has 0 aliphatic rings. The summed E-state index contributed by atoms with van der Waals surface area (Å²) in [6, 6.07) is 2.07. The van der Waals surface area contributed by atoms with Gasteiger partial charge in [-0.3, -0.25) is 10.1 Å². The first-order valence-electron chi connectivity index (χ1n) is 6.20. The summed E-state index contributed by atoms with van der Waals surface area (Å²) in [6.07, 6.45) is 0.842. The SMILES string of the molecule is COCCCNC(=O)C(C)NC(C)c1ccsc1. The summed E-state index contributed by atoms with van der Waals surface area (Å²) in [5, 5.41) is 10.3. The van der Waals surface area contributed by atoms with Gasteiger partial charge >= 0.3 is 0 Å². The van der Waals surface area contributed by atoms with E-state index in [0.717, 1.165) is 6.42 Å². The minimum atomic E-state index is -0.192. The molecule has 18 heavy (non-hydrogen) atoms. The van der Waals surface area contributed by atoms with Crippen molar-refractivity contribution in [2.24, 2.45) is 0 Å². The van der Waals surface area contributed by atoms with Crippen molar-refractivity contribution in [3.63, 3.8) is 0 Å². The fourth-order valence-electron chi connectivity index (χ4n) is 1.65. The van der Waals surface area contributed by atoms with E-state index in [2.05, 4.69) is 29.0 Å². The molecule has 5 heteroatoms. The fraction of sp³-hybridized carbons (Fsp3) is 0.615.